The SMILES string of the molecule is Nc1cccc(OCc2ccccc2)c1O. The van der Waals surface area contributed by atoms with Crippen molar-refractivity contribution in [2.45, 2.75) is 6.61 Å². The van der Waals surface area contributed by atoms with Crippen molar-refractivity contribution in [1.82, 2.24) is 0 Å². The summed E-state index contributed by atoms with van der Waals surface area (Å²) < 4.78 is 5.47. The summed E-state index contributed by atoms with van der Waals surface area (Å²) in [5.41, 5.74) is 6.93. The average molecular weight is 215 g/mol. The van der Waals surface area contributed by atoms with Gasteiger partial charge >= 0.3 is 0 Å². The fourth-order valence-corrected chi connectivity index (χ4v) is 1.39. The predicted molar refractivity (Wildman–Crippen MR) is 63.3 cm³/mol. The quantitative estimate of drug-likeness (QED) is 0.611. The molecule has 2 aromatic carbocycles. The molecule has 0 amide bonds. The molecule has 3 heteroatoms. The average Bonchev–Trinajstić information content (AvgIpc) is 2.32. The van der Waals surface area contributed by atoms with Gasteiger partial charge in [-0.05, 0) is 17.7 Å². The van der Waals surface area contributed by atoms with E-state index in [1.165, 1.54) is 0 Å². The van der Waals surface area contributed by atoms with Gasteiger partial charge < -0.3 is 15.6 Å². The van der Waals surface area contributed by atoms with Gasteiger partial charge in [-0.1, -0.05) is 36.4 Å². The van der Waals surface area contributed by atoms with Gasteiger partial charge in [0.05, 0.1) is 5.69 Å². The molecule has 0 radical (unpaired) electrons. The minimum Gasteiger partial charge on any atom is -0.503 e. The van der Waals surface area contributed by atoms with Crippen molar-refractivity contribution in [3.63, 3.8) is 0 Å². The zero-order valence-electron chi connectivity index (χ0n) is 8.76. The van der Waals surface area contributed by atoms with E-state index in [4.69, 9.17) is 10.5 Å². The molecule has 0 bridgehead atoms. The van der Waals surface area contributed by atoms with Crippen LogP contribution in [0.5, 0.6) is 11.5 Å². The molecule has 16 heavy (non-hydrogen) atoms. The van der Waals surface area contributed by atoms with Gasteiger partial charge in [0.25, 0.3) is 0 Å². The van der Waals surface area contributed by atoms with E-state index >= 15 is 0 Å². The number of benzene rings is 2. The number of hydrogen-bond donors (Lipinski definition) is 2. The van der Waals surface area contributed by atoms with Crippen molar-refractivity contribution >= 4 is 5.69 Å². The van der Waals surface area contributed by atoms with E-state index in [0.29, 0.717) is 18.0 Å². The Morgan fingerprint density at radius 3 is 2.50 bits per heavy atom. The lowest BCUT2D eigenvalue weighted by molar-refractivity contribution is 0.289. The summed E-state index contributed by atoms with van der Waals surface area (Å²) in [6, 6.07) is 14.8. The summed E-state index contributed by atoms with van der Waals surface area (Å²) in [5, 5.41) is 9.63. The van der Waals surface area contributed by atoms with Crippen LogP contribution in [0.4, 0.5) is 5.69 Å². The maximum absolute atomic E-state index is 9.63. The lowest BCUT2D eigenvalue weighted by atomic mass is 10.2. The van der Waals surface area contributed by atoms with Crippen LogP contribution in [0.1, 0.15) is 5.56 Å². The van der Waals surface area contributed by atoms with Crippen molar-refractivity contribution in [1.29, 1.82) is 0 Å². The second-order valence-electron chi connectivity index (χ2n) is 3.47. The third-order valence-corrected chi connectivity index (χ3v) is 2.27. The summed E-state index contributed by atoms with van der Waals surface area (Å²) >= 11 is 0. The molecule has 0 heterocycles. The van der Waals surface area contributed by atoms with Crippen molar-refractivity contribution in [2.75, 3.05) is 5.73 Å². The van der Waals surface area contributed by atoms with Crippen LogP contribution >= 0.6 is 0 Å². The molecule has 2 aromatic rings. The van der Waals surface area contributed by atoms with Crippen LogP contribution in [-0.4, -0.2) is 5.11 Å². The molecule has 0 saturated carbocycles. The van der Waals surface area contributed by atoms with Crippen LogP contribution in [0.15, 0.2) is 48.5 Å². The molecular weight excluding hydrogens is 202 g/mol. The molecule has 0 aliphatic heterocycles. The maximum atomic E-state index is 9.63. The number of nitrogens with two attached hydrogens (primary N) is 1. The number of ether oxygens (including phenoxy) is 1. The Morgan fingerprint density at radius 1 is 1.00 bits per heavy atom. The van der Waals surface area contributed by atoms with E-state index in [9.17, 15) is 5.11 Å². The Morgan fingerprint density at radius 2 is 1.75 bits per heavy atom. The highest BCUT2D eigenvalue weighted by Crippen LogP contribution is 2.31. The van der Waals surface area contributed by atoms with Crippen LogP contribution in [0.2, 0.25) is 0 Å². The van der Waals surface area contributed by atoms with Gasteiger partial charge in [-0.3, -0.25) is 0 Å². The van der Waals surface area contributed by atoms with Crippen LogP contribution in [0.3, 0.4) is 0 Å². The largest absolute Gasteiger partial charge is 0.503 e. The summed E-state index contributed by atoms with van der Waals surface area (Å²) in [6.07, 6.45) is 0. The monoisotopic (exact) mass is 215 g/mol. The number of aromatic hydroxyl groups is 1. The third kappa shape index (κ3) is 2.25. The van der Waals surface area contributed by atoms with Gasteiger partial charge in [-0.15, -0.1) is 0 Å². The fourth-order valence-electron chi connectivity index (χ4n) is 1.39. The van der Waals surface area contributed by atoms with E-state index in [-0.39, 0.29) is 5.75 Å². The Labute approximate surface area is 94.1 Å². The highest BCUT2D eigenvalue weighted by atomic mass is 16.5. The van der Waals surface area contributed by atoms with E-state index < -0.39 is 0 Å². The molecule has 3 nitrogen and oxygen atoms in total. The molecule has 0 saturated heterocycles. The lowest BCUT2D eigenvalue weighted by Gasteiger charge is -2.09. The van der Waals surface area contributed by atoms with Gasteiger partial charge in [0.2, 0.25) is 0 Å². The van der Waals surface area contributed by atoms with Crippen molar-refractivity contribution in [2.24, 2.45) is 0 Å². The molecule has 3 N–H and O–H groups in total. The standard InChI is InChI=1S/C13H13NO2/c14-11-7-4-8-12(13(11)15)16-9-10-5-2-1-3-6-10/h1-8,15H,9,14H2. The molecule has 0 aliphatic carbocycles. The summed E-state index contributed by atoms with van der Waals surface area (Å²) in [7, 11) is 0. The van der Waals surface area contributed by atoms with Crippen molar-refractivity contribution in [3.8, 4) is 11.5 Å². The number of hydrogen-bond acceptors (Lipinski definition) is 3. The molecule has 82 valence electrons. The van der Waals surface area contributed by atoms with Crippen LogP contribution < -0.4 is 10.5 Å². The smallest absolute Gasteiger partial charge is 0.181 e. The summed E-state index contributed by atoms with van der Waals surface area (Å²) in [4.78, 5) is 0. The van der Waals surface area contributed by atoms with E-state index in [1.807, 2.05) is 30.3 Å². The number of phenolic OH excluding ortho intramolecular Hbond substituents is 1. The molecular formula is C13H13NO2. The first kappa shape index (κ1) is 10.4. The first-order valence-corrected chi connectivity index (χ1v) is 5.01. The van der Waals surface area contributed by atoms with Crippen LogP contribution in [0, 0.1) is 0 Å². The molecule has 0 aromatic heterocycles. The van der Waals surface area contributed by atoms with Crippen LogP contribution in [-0.2, 0) is 6.61 Å². The minimum absolute atomic E-state index is 0.00145. The lowest BCUT2D eigenvalue weighted by Crippen LogP contribution is -1.96. The Hall–Kier alpha value is -2.16. The topological polar surface area (TPSA) is 55.5 Å². The van der Waals surface area contributed by atoms with Gasteiger partial charge in [0, 0.05) is 0 Å². The first-order valence-electron chi connectivity index (χ1n) is 5.01. The molecule has 0 fully saturated rings. The van der Waals surface area contributed by atoms with E-state index in [2.05, 4.69) is 0 Å². The number of para-hydroxylation sites is 1. The van der Waals surface area contributed by atoms with Gasteiger partial charge in [-0.2, -0.15) is 0 Å². The fraction of sp³-hybridized carbons (Fsp3) is 0.0769. The Bertz CT molecular complexity index is 469. The summed E-state index contributed by atoms with van der Waals surface area (Å²) in [5.74, 6) is 0.405. The zero-order chi connectivity index (χ0) is 11.4. The summed E-state index contributed by atoms with van der Waals surface area (Å²) in [6.45, 7) is 0.415. The highest BCUT2D eigenvalue weighted by molar-refractivity contribution is 5.58. The Balaban J connectivity index is 2.08. The molecule has 0 spiro atoms. The number of nitrogen functional groups attached to an aromatic ring is 1. The van der Waals surface area contributed by atoms with Crippen molar-refractivity contribution in [3.05, 3.63) is 54.1 Å². The second kappa shape index (κ2) is 4.57. The van der Waals surface area contributed by atoms with Gasteiger partial charge in [0.15, 0.2) is 11.5 Å². The number of rotatable bonds is 3. The number of phenols is 1. The van der Waals surface area contributed by atoms with Crippen LogP contribution in [0.25, 0.3) is 0 Å². The second-order valence-corrected chi connectivity index (χ2v) is 3.47. The Kier molecular flexibility index (Phi) is 2.96. The van der Waals surface area contributed by atoms with E-state index in [1.54, 1.807) is 18.2 Å². The minimum atomic E-state index is -0.00145. The first-order chi connectivity index (χ1) is 7.77. The molecule has 2 rings (SSSR count). The molecule has 0 atom stereocenters. The van der Waals surface area contributed by atoms with Gasteiger partial charge in [0.1, 0.15) is 6.61 Å². The molecule has 0 aliphatic rings. The highest BCUT2D eigenvalue weighted by Gasteiger charge is 2.04. The normalized spacial score (nSPS) is 10.0. The molecule has 0 unspecified atom stereocenters. The van der Waals surface area contributed by atoms with Gasteiger partial charge in [-0.25, -0.2) is 0 Å². The van der Waals surface area contributed by atoms with E-state index in [0.717, 1.165) is 5.56 Å². The predicted octanol–water partition coefficient (Wildman–Crippen LogP) is 2.55. The van der Waals surface area contributed by atoms with Crippen molar-refractivity contribution < 1.29 is 9.84 Å². The third-order valence-electron chi connectivity index (χ3n) is 2.27. The number of anilines is 1. The zero-order valence-corrected chi connectivity index (χ0v) is 8.76. The maximum Gasteiger partial charge on any atom is 0.181 e.